The van der Waals surface area contributed by atoms with E-state index in [2.05, 4.69) is 11.9 Å². The molecule has 0 saturated carbocycles. The maximum absolute atomic E-state index is 13.2. The summed E-state index contributed by atoms with van der Waals surface area (Å²) in [5.41, 5.74) is 2.53. The van der Waals surface area contributed by atoms with Gasteiger partial charge >= 0.3 is 0 Å². The quantitative estimate of drug-likeness (QED) is 0.833. The molecule has 0 bridgehead atoms. The molecule has 0 spiro atoms. The van der Waals surface area contributed by atoms with Crippen molar-refractivity contribution in [1.82, 2.24) is 9.80 Å². The van der Waals surface area contributed by atoms with Gasteiger partial charge in [0.2, 0.25) is 5.91 Å². The van der Waals surface area contributed by atoms with Crippen LogP contribution in [0.5, 0.6) is 0 Å². The Kier molecular flexibility index (Phi) is 4.47. The Hall–Kier alpha value is -2.66. The van der Waals surface area contributed by atoms with Crippen molar-refractivity contribution in [3.05, 3.63) is 65.7 Å². The number of carbonyl (C=O) groups is 2. The fourth-order valence-electron chi connectivity index (χ4n) is 3.79. The van der Waals surface area contributed by atoms with Crippen LogP contribution < -0.4 is 4.90 Å². The van der Waals surface area contributed by atoms with Gasteiger partial charge in [-0.1, -0.05) is 36.4 Å². The normalized spacial score (nSPS) is 20.1. The highest BCUT2D eigenvalue weighted by Crippen LogP contribution is 2.34. The number of para-hydroxylation sites is 1. The molecule has 2 amide bonds. The van der Waals surface area contributed by atoms with Crippen molar-refractivity contribution >= 4 is 17.5 Å². The Bertz CT molecular complexity index is 813. The van der Waals surface area contributed by atoms with E-state index in [9.17, 15) is 9.59 Å². The fraction of sp³-hybridized carbons (Fsp3) is 0.333. The van der Waals surface area contributed by atoms with E-state index >= 15 is 0 Å². The third-order valence-electron chi connectivity index (χ3n) is 5.32. The van der Waals surface area contributed by atoms with Crippen LogP contribution in [0.1, 0.15) is 15.9 Å². The first-order valence-corrected chi connectivity index (χ1v) is 9.09. The Morgan fingerprint density at radius 2 is 1.54 bits per heavy atom. The topological polar surface area (TPSA) is 43.9 Å². The van der Waals surface area contributed by atoms with Gasteiger partial charge in [-0.2, -0.15) is 0 Å². The van der Waals surface area contributed by atoms with Crippen LogP contribution in [0.2, 0.25) is 0 Å². The van der Waals surface area contributed by atoms with Crippen molar-refractivity contribution in [2.75, 3.05) is 38.1 Å². The van der Waals surface area contributed by atoms with E-state index in [1.807, 2.05) is 47.4 Å². The van der Waals surface area contributed by atoms with Gasteiger partial charge in [-0.05, 0) is 30.8 Å². The zero-order valence-corrected chi connectivity index (χ0v) is 15.0. The highest BCUT2D eigenvalue weighted by atomic mass is 16.2. The molecule has 134 valence electrons. The lowest BCUT2D eigenvalue weighted by Crippen LogP contribution is -2.54. The standard InChI is InChI=1S/C21H23N3O2/c1-22-11-13-23(14-12-22)21(26)19-15-17-9-5-6-10-18(17)24(19)20(25)16-7-3-2-4-8-16/h2-10,19H,11-15H2,1H3. The Balaban J connectivity index is 1.65. The average molecular weight is 349 g/mol. The molecule has 0 aromatic heterocycles. The summed E-state index contributed by atoms with van der Waals surface area (Å²) in [7, 11) is 2.07. The second-order valence-corrected chi connectivity index (χ2v) is 7.02. The van der Waals surface area contributed by atoms with Crippen molar-refractivity contribution in [3.8, 4) is 0 Å². The second kappa shape index (κ2) is 6.92. The summed E-state index contributed by atoms with van der Waals surface area (Å²) in [6, 6.07) is 16.6. The number of likely N-dealkylation sites (N-methyl/N-ethyl adjacent to an activating group) is 1. The van der Waals surface area contributed by atoms with Crippen molar-refractivity contribution in [2.24, 2.45) is 0 Å². The van der Waals surface area contributed by atoms with Gasteiger partial charge in [0.1, 0.15) is 6.04 Å². The predicted octanol–water partition coefficient (Wildman–Crippen LogP) is 2.03. The van der Waals surface area contributed by atoms with Gasteiger partial charge in [-0.3, -0.25) is 14.5 Å². The van der Waals surface area contributed by atoms with Crippen LogP contribution in [-0.4, -0.2) is 60.9 Å². The average Bonchev–Trinajstić information content (AvgIpc) is 3.07. The Morgan fingerprint density at radius 1 is 0.885 bits per heavy atom. The molecule has 0 radical (unpaired) electrons. The number of hydrogen-bond donors (Lipinski definition) is 0. The van der Waals surface area contributed by atoms with Gasteiger partial charge in [-0.15, -0.1) is 0 Å². The largest absolute Gasteiger partial charge is 0.338 e. The van der Waals surface area contributed by atoms with Crippen LogP contribution >= 0.6 is 0 Å². The summed E-state index contributed by atoms with van der Waals surface area (Å²) in [6.07, 6.45) is 0.583. The fourth-order valence-corrected chi connectivity index (χ4v) is 3.79. The van der Waals surface area contributed by atoms with Crippen molar-refractivity contribution < 1.29 is 9.59 Å². The SMILES string of the molecule is CN1CCN(C(=O)C2Cc3ccccc3N2C(=O)c2ccccc2)CC1. The number of hydrogen-bond acceptors (Lipinski definition) is 3. The lowest BCUT2D eigenvalue weighted by atomic mass is 10.1. The molecule has 1 unspecified atom stereocenters. The molecule has 1 atom stereocenters. The van der Waals surface area contributed by atoms with E-state index < -0.39 is 6.04 Å². The maximum Gasteiger partial charge on any atom is 0.259 e. The molecule has 0 aliphatic carbocycles. The molecular formula is C21H23N3O2. The van der Waals surface area contributed by atoms with E-state index in [-0.39, 0.29) is 11.8 Å². The van der Waals surface area contributed by atoms with Gasteiger partial charge in [0.05, 0.1) is 0 Å². The van der Waals surface area contributed by atoms with Gasteiger partial charge in [0.25, 0.3) is 5.91 Å². The first-order chi connectivity index (χ1) is 12.6. The zero-order valence-electron chi connectivity index (χ0n) is 15.0. The summed E-state index contributed by atoms with van der Waals surface area (Å²) < 4.78 is 0. The minimum Gasteiger partial charge on any atom is -0.338 e. The van der Waals surface area contributed by atoms with Gasteiger partial charge in [0.15, 0.2) is 0 Å². The molecule has 1 saturated heterocycles. The highest BCUT2D eigenvalue weighted by molar-refractivity contribution is 6.11. The van der Waals surface area contributed by atoms with Crippen molar-refractivity contribution in [3.63, 3.8) is 0 Å². The van der Waals surface area contributed by atoms with Crippen molar-refractivity contribution in [2.45, 2.75) is 12.5 Å². The molecule has 0 N–H and O–H groups in total. The minimum absolute atomic E-state index is 0.0542. The zero-order chi connectivity index (χ0) is 18.1. The number of amides is 2. The molecule has 5 nitrogen and oxygen atoms in total. The third-order valence-corrected chi connectivity index (χ3v) is 5.32. The predicted molar refractivity (Wildman–Crippen MR) is 101 cm³/mol. The summed E-state index contributed by atoms with van der Waals surface area (Å²) in [6.45, 7) is 3.18. The molecule has 1 fully saturated rings. The number of anilines is 1. The number of carbonyl (C=O) groups excluding carboxylic acids is 2. The third kappa shape index (κ3) is 2.99. The summed E-state index contributed by atoms with van der Waals surface area (Å²) in [4.78, 5) is 32.3. The summed E-state index contributed by atoms with van der Waals surface area (Å²) >= 11 is 0. The lowest BCUT2D eigenvalue weighted by Gasteiger charge is -2.36. The monoisotopic (exact) mass is 349 g/mol. The number of piperazine rings is 1. The van der Waals surface area contributed by atoms with Crippen LogP contribution in [0, 0.1) is 0 Å². The number of rotatable bonds is 2. The van der Waals surface area contributed by atoms with Crippen LogP contribution in [-0.2, 0) is 11.2 Å². The Labute approximate surface area is 153 Å². The van der Waals surface area contributed by atoms with Crippen LogP contribution in [0.4, 0.5) is 5.69 Å². The van der Waals surface area contributed by atoms with Crippen LogP contribution in [0.3, 0.4) is 0 Å². The second-order valence-electron chi connectivity index (χ2n) is 7.02. The molecule has 2 aliphatic heterocycles. The van der Waals surface area contributed by atoms with E-state index in [1.54, 1.807) is 17.0 Å². The van der Waals surface area contributed by atoms with E-state index in [1.165, 1.54) is 0 Å². The molecule has 4 rings (SSSR count). The molecule has 26 heavy (non-hydrogen) atoms. The van der Waals surface area contributed by atoms with Gasteiger partial charge in [-0.25, -0.2) is 0 Å². The molecule has 2 heterocycles. The molecule has 5 heteroatoms. The minimum atomic E-state index is -0.455. The van der Waals surface area contributed by atoms with E-state index in [4.69, 9.17) is 0 Å². The highest BCUT2D eigenvalue weighted by Gasteiger charge is 2.40. The van der Waals surface area contributed by atoms with Crippen LogP contribution in [0.25, 0.3) is 0 Å². The molecule has 2 aromatic carbocycles. The summed E-state index contributed by atoms with van der Waals surface area (Å²) in [5, 5.41) is 0. The van der Waals surface area contributed by atoms with E-state index in [0.29, 0.717) is 12.0 Å². The number of benzene rings is 2. The molecular weight excluding hydrogens is 326 g/mol. The first-order valence-electron chi connectivity index (χ1n) is 9.09. The maximum atomic E-state index is 13.2. The molecule has 2 aliphatic rings. The van der Waals surface area contributed by atoms with Crippen molar-refractivity contribution in [1.29, 1.82) is 0 Å². The summed E-state index contributed by atoms with van der Waals surface area (Å²) in [5.74, 6) is -0.0541. The van der Waals surface area contributed by atoms with Gasteiger partial charge in [0, 0.05) is 43.9 Å². The smallest absolute Gasteiger partial charge is 0.259 e. The molecule has 2 aromatic rings. The number of nitrogens with zero attached hydrogens (tertiary/aromatic N) is 3. The van der Waals surface area contributed by atoms with Gasteiger partial charge < -0.3 is 9.80 Å². The number of fused-ring (bicyclic) bond motifs is 1. The Morgan fingerprint density at radius 3 is 2.27 bits per heavy atom. The van der Waals surface area contributed by atoms with E-state index in [0.717, 1.165) is 37.4 Å². The van der Waals surface area contributed by atoms with Crippen LogP contribution in [0.15, 0.2) is 54.6 Å². The lowest BCUT2D eigenvalue weighted by molar-refractivity contribution is -0.133. The first kappa shape index (κ1) is 16.8.